The van der Waals surface area contributed by atoms with Crippen LogP contribution >= 0.6 is 0 Å². The van der Waals surface area contributed by atoms with Crippen LogP contribution in [-0.2, 0) is 0 Å². The van der Waals surface area contributed by atoms with E-state index in [4.69, 9.17) is 0 Å². The fourth-order valence-electron chi connectivity index (χ4n) is 3.91. The van der Waals surface area contributed by atoms with Crippen molar-refractivity contribution in [1.29, 1.82) is 0 Å². The predicted octanol–water partition coefficient (Wildman–Crippen LogP) is 11.0. The van der Waals surface area contributed by atoms with Gasteiger partial charge < -0.3 is 10.6 Å². The molecule has 0 radical (unpaired) electrons. The number of aromatic nitrogens is 1. The smallest absolute Gasteiger partial charge is 0.251 e. The van der Waals surface area contributed by atoms with Crippen molar-refractivity contribution in [3.05, 3.63) is 102 Å². The molecule has 2 aromatic carbocycles. The highest BCUT2D eigenvalue weighted by Gasteiger charge is 2.10. The van der Waals surface area contributed by atoms with Gasteiger partial charge >= 0.3 is 0 Å². The maximum atomic E-state index is 12.6. The molecule has 0 aliphatic heterocycles. The van der Waals surface area contributed by atoms with Crippen LogP contribution in [0.2, 0.25) is 0 Å². The van der Waals surface area contributed by atoms with E-state index >= 15 is 0 Å². The van der Waals surface area contributed by atoms with Crippen LogP contribution in [0.4, 0.5) is 11.5 Å². The molecule has 1 atom stereocenters. The summed E-state index contributed by atoms with van der Waals surface area (Å²) in [4.78, 5) is 17.0. The highest BCUT2D eigenvalue weighted by atomic mass is 16.1. The molecule has 1 unspecified atom stereocenters. The lowest BCUT2D eigenvalue weighted by molar-refractivity contribution is 0.0950. The van der Waals surface area contributed by atoms with Gasteiger partial charge in [0.1, 0.15) is 5.82 Å². The van der Waals surface area contributed by atoms with E-state index in [1.54, 1.807) is 12.3 Å². The number of amides is 1. The zero-order valence-electron chi connectivity index (χ0n) is 27.2. The molecule has 0 bridgehead atoms. The zero-order chi connectivity index (χ0) is 31.0. The fourth-order valence-corrected chi connectivity index (χ4v) is 3.91. The molecular formula is C37H55N3O. The third-order valence-corrected chi connectivity index (χ3v) is 6.18. The number of anilines is 2. The second-order valence-corrected chi connectivity index (χ2v) is 9.29. The number of nitrogens with zero attached hydrogens (tertiary/aromatic N) is 1. The normalized spacial score (nSPS) is 11.2. The maximum absolute atomic E-state index is 12.6. The summed E-state index contributed by atoms with van der Waals surface area (Å²) in [5.41, 5.74) is 3.86. The van der Waals surface area contributed by atoms with Crippen LogP contribution in [-0.4, -0.2) is 17.4 Å². The number of hydrogen-bond acceptors (Lipinski definition) is 3. The Kier molecular flexibility index (Phi) is 21.0. The fraction of sp³-hybridized carbons (Fsp3) is 0.405. The minimum absolute atomic E-state index is 0.0829. The van der Waals surface area contributed by atoms with Crippen molar-refractivity contribution in [2.75, 3.05) is 11.9 Å². The van der Waals surface area contributed by atoms with Gasteiger partial charge in [0, 0.05) is 29.4 Å². The summed E-state index contributed by atoms with van der Waals surface area (Å²) < 4.78 is 0. The molecular weight excluding hydrogens is 502 g/mol. The van der Waals surface area contributed by atoms with E-state index in [9.17, 15) is 4.79 Å². The third kappa shape index (κ3) is 14.0. The predicted molar refractivity (Wildman–Crippen MR) is 183 cm³/mol. The number of nitrogens with one attached hydrogen (secondary N) is 2. The van der Waals surface area contributed by atoms with Crippen LogP contribution in [0.3, 0.4) is 0 Å². The van der Waals surface area contributed by atoms with Crippen molar-refractivity contribution in [1.82, 2.24) is 10.3 Å². The molecule has 1 amide bonds. The van der Waals surface area contributed by atoms with Gasteiger partial charge in [0.05, 0.1) is 0 Å². The Morgan fingerprint density at radius 2 is 1.61 bits per heavy atom. The van der Waals surface area contributed by atoms with Gasteiger partial charge in [0.25, 0.3) is 5.91 Å². The van der Waals surface area contributed by atoms with Crippen LogP contribution in [0.15, 0.2) is 91.2 Å². The molecule has 1 aromatic heterocycles. The van der Waals surface area contributed by atoms with Gasteiger partial charge in [-0.1, -0.05) is 123 Å². The molecule has 0 aliphatic carbocycles. The number of aryl methyl sites for hydroxylation is 1. The van der Waals surface area contributed by atoms with Gasteiger partial charge in [-0.15, -0.1) is 0 Å². The van der Waals surface area contributed by atoms with E-state index in [1.165, 1.54) is 31.2 Å². The summed E-state index contributed by atoms with van der Waals surface area (Å²) in [5, 5.41) is 8.59. The summed E-state index contributed by atoms with van der Waals surface area (Å²) >= 11 is 0. The number of fused-ring (bicyclic) bond motifs is 1. The van der Waals surface area contributed by atoms with Gasteiger partial charge in [-0.2, -0.15) is 0 Å². The quantitative estimate of drug-likeness (QED) is 0.182. The van der Waals surface area contributed by atoms with Crippen LogP contribution in [0.25, 0.3) is 10.8 Å². The molecule has 224 valence electrons. The lowest BCUT2D eigenvalue weighted by atomic mass is 10.00. The number of unbranched alkanes of at least 4 members (excludes halogenated alkanes) is 3. The maximum Gasteiger partial charge on any atom is 0.251 e. The van der Waals surface area contributed by atoms with Gasteiger partial charge in [-0.3, -0.25) is 4.79 Å². The van der Waals surface area contributed by atoms with Crippen molar-refractivity contribution < 1.29 is 4.79 Å². The van der Waals surface area contributed by atoms with Gasteiger partial charge in [-0.25, -0.2) is 4.98 Å². The number of benzene rings is 2. The standard InChI is InChI=1S/C27H29N3O.C6H14.2C2H6/c1-5-7-8-21(6-2)20(4)18-29-27(31)23-11-13-24(14-12-23)30-26-25-17-19(3)9-10-22(25)15-16-28-26;1-3-5-6-4-2;2*1-2/h5-17,20H,1,18H2,2-4H3,(H,28,30)(H,29,31);3-6H2,1-2H3;2*1-2H3/b8-7-,21-6+;;;. The van der Waals surface area contributed by atoms with E-state index in [-0.39, 0.29) is 11.8 Å². The molecule has 1 heterocycles. The van der Waals surface area contributed by atoms with Crippen molar-refractivity contribution in [3.8, 4) is 0 Å². The Morgan fingerprint density at radius 1 is 0.976 bits per heavy atom. The first kappa shape index (κ1) is 37.3. The van der Waals surface area contributed by atoms with Crippen molar-refractivity contribution in [2.45, 2.75) is 88.0 Å². The third-order valence-electron chi connectivity index (χ3n) is 6.18. The number of hydrogen-bond donors (Lipinski definition) is 2. The first-order valence-corrected chi connectivity index (χ1v) is 15.4. The monoisotopic (exact) mass is 557 g/mol. The second kappa shape index (κ2) is 23.1. The Hall–Kier alpha value is -3.66. The summed E-state index contributed by atoms with van der Waals surface area (Å²) in [6.07, 6.45) is 15.1. The van der Waals surface area contributed by atoms with E-state index in [2.05, 4.69) is 74.2 Å². The lowest BCUT2D eigenvalue weighted by Crippen LogP contribution is -2.28. The van der Waals surface area contributed by atoms with E-state index in [1.807, 2.05) is 77.1 Å². The van der Waals surface area contributed by atoms with Crippen molar-refractivity contribution in [3.63, 3.8) is 0 Å². The number of carbonyl (C=O) groups is 1. The first-order chi connectivity index (χ1) is 19.9. The lowest BCUT2D eigenvalue weighted by Gasteiger charge is -2.14. The van der Waals surface area contributed by atoms with Gasteiger partial charge in [0.15, 0.2) is 0 Å². The SMILES string of the molecule is C=C/C=C\C(=C/C)C(C)CNC(=O)c1ccc(Nc2nccc3ccc(C)cc23)cc1.CC.CC.CCCCCC. The molecule has 2 N–H and O–H groups in total. The van der Waals surface area contributed by atoms with Gasteiger partial charge in [-0.05, 0) is 67.1 Å². The molecule has 0 spiro atoms. The summed E-state index contributed by atoms with van der Waals surface area (Å²) in [6.45, 7) is 22.9. The Balaban J connectivity index is 0.00000140. The van der Waals surface area contributed by atoms with Crippen LogP contribution in [0.5, 0.6) is 0 Å². The zero-order valence-corrected chi connectivity index (χ0v) is 27.2. The highest BCUT2D eigenvalue weighted by molar-refractivity contribution is 5.95. The molecule has 41 heavy (non-hydrogen) atoms. The number of carbonyl (C=O) groups excluding carboxylic acids is 1. The van der Waals surface area contributed by atoms with Crippen molar-refractivity contribution in [2.24, 2.45) is 5.92 Å². The highest BCUT2D eigenvalue weighted by Crippen LogP contribution is 2.25. The second-order valence-electron chi connectivity index (χ2n) is 9.29. The Morgan fingerprint density at radius 3 is 2.17 bits per heavy atom. The molecule has 3 rings (SSSR count). The van der Waals surface area contributed by atoms with Crippen LogP contribution < -0.4 is 10.6 Å². The van der Waals surface area contributed by atoms with E-state index in [0.717, 1.165) is 27.9 Å². The number of pyridine rings is 1. The average Bonchev–Trinajstić information content (AvgIpc) is 3.02. The average molecular weight is 558 g/mol. The molecule has 0 fully saturated rings. The molecule has 4 heteroatoms. The van der Waals surface area contributed by atoms with Crippen LogP contribution in [0.1, 0.15) is 97.0 Å². The topological polar surface area (TPSA) is 54.0 Å². The van der Waals surface area contributed by atoms with Crippen LogP contribution in [0, 0.1) is 12.8 Å². The Labute approximate surface area is 251 Å². The molecule has 0 saturated heterocycles. The summed E-state index contributed by atoms with van der Waals surface area (Å²) in [7, 11) is 0. The molecule has 0 saturated carbocycles. The summed E-state index contributed by atoms with van der Waals surface area (Å²) in [6, 6.07) is 15.8. The largest absolute Gasteiger partial charge is 0.351 e. The number of allylic oxidation sites excluding steroid dienone is 4. The van der Waals surface area contributed by atoms with Gasteiger partial charge in [0.2, 0.25) is 0 Å². The Bertz CT molecular complexity index is 1190. The molecule has 3 aromatic rings. The van der Waals surface area contributed by atoms with Crippen molar-refractivity contribution >= 4 is 28.2 Å². The van der Waals surface area contributed by atoms with E-state index < -0.39 is 0 Å². The number of rotatable bonds is 11. The minimum atomic E-state index is -0.0829. The first-order valence-electron chi connectivity index (χ1n) is 15.4. The molecule has 0 aliphatic rings. The van der Waals surface area contributed by atoms with E-state index in [0.29, 0.717) is 12.1 Å². The summed E-state index contributed by atoms with van der Waals surface area (Å²) in [5.74, 6) is 0.936. The minimum Gasteiger partial charge on any atom is -0.351 e. The molecule has 4 nitrogen and oxygen atoms in total.